The Morgan fingerprint density at radius 3 is 2.73 bits per heavy atom. The molecule has 0 atom stereocenters. The summed E-state index contributed by atoms with van der Waals surface area (Å²) in [6.07, 6.45) is 0.768. The fourth-order valence-electron chi connectivity index (χ4n) is 3.77. The fourth-order valence-corrected chi connectivity index (χ4v) is 4.58. The van der Waals surface area contributed by atoms with Crippen molar-refractivity contribution >= 4 is 45.3 Å². The van der Waals surface area contributed by atoms with Crippen molar-refractivity contribution in [2.75, 3.05) is 0 Å². The van der Waals surface area contributed by atoms with Crippen LogP contribution in [0.4, 0.5) is 0 Å². The van der Waals surface area contributed by atoms with Crippen LogP contribution in [0.15, 0.2) is 57.2 Å². The van der Waals surface area contributed by atoms with Gasteiger partial charge in [0.2, 0.25) is 5.78 Å². The monoisotopic (exact) mass is 462 g/mol. The Balaban J connectivity index is 1.58. The second-order valence-electron chi connectivity index (χ2n) is 7.43. The summed E-state index contributed by atoms with van der Waals surface area (Å²) < 4.78 is 3.45. The molecular formula is C22H18N6O4S. The number of nitrogens with one attached hydrogen (secondary N) is 1. The molecule has 0 saturated heterocycles. The molecule has 0 aliphatic heterocycles. The zero-order chi connectivity index (χ0) is 23.1. The number of aryl methyl sites for hydroxylation is 1. The average Bonchev–Trinajstić information content (AvgIpc) is 3.24. The van der Waals surface area contributed by atoms with Crippen molar-refractivity contribution < 1.29 is 9.90 Å². The van der Waals surface area contributed by atoms with Gasteiger partial charge in [-0.2, -0.15) is 0 Å². The van der Waals surface area contributed by atoms with Crippen LogP contribution in [0.3, 0.4) is 0 Å². The van der Waals surface area contributed by atoms with Gasteiger partial charge in [-0.25, -0.2) is 9.78 Å². The number of benzene rings is 2. The lowest BCUT2D eigenvalue weighted by molar-refractivity contribution is 0.0697. The van der Waals surface area contributed by atoms with Crippen LogP contribution in [-0.2, 0) is 12.3 Å². The summed E-state index contributed by atoms with van der Waals surface area (Å²) in [5.74, 6) is 0.0109. The molecule has 2 aromatic carbocycles. The molecule has 5 rings (SSSR count). The number of thioether (sulfide) groups is 1. The Morgan fingerprint density at radius 2 is 1.94 bits per heavy atom. The summed E-state index contributed by atoms with van der Waals surface area (Å²) in [7, 11) is 0. The Morgan fingerprint density at radius 1 is 1.12 bits per heavy atom. The van der Waals surface area contributed by atoms with Gasteiger partial charge in [0.1, 0.15) is 5.82 Å². The number of para-hydroxylation sites is 1. The van der Waals surface area contributed by atoms with E-state index in [0.717, 1.165) is 6.42 Å². The van der Waals surface area contributed by atoms with E-state index < -0.39 is 5.97 Å². The molecule has 0 aliphatic rings. The van der Waals surface area contributed by atoms with Gasteiger partial charge in [-0.15, -0.1) is 10.2 Å². The predicted molar refractivity (Wildman–Crippen MR) is 124 cm³/mol. The van der Waals surface area contributed by atoms with Gasteiger partial charge in [0.15, 0.2) is 5.16 Å². The topological polar surface area (TPSA) is 135 Å². The van der Waals surface area contributed by atoms with E-state index in [2.05, 4.69) is 20.2 Å². The predicted octanol–water partition coefficient (Wildman–Crippen LogP) is 2.68. The smallest absolute Gasteiger partial charge is 0.335 e. The van der Waals surface area contributed by atoms with Crippen LogP contribution >= 0.6 is 11.8 Å². The number of aromatic nitrogens is 6. The lowest BCUT2D eigenvalue weighted by Crippen LogP contribution is -2.23. The van der Waals surface area contributed by atoms with E-state index in [0.29, 0.717) is 45.1 Å². The van der Waals surface area contributed by atoms with E-state index in [1.165, 1.54) is 30.0 Å². The van der Waals surface area contributed by atoms with Crippen LogP contribution in [-0.4, -0.2) is 40.2 Å². The third-order valence-electron chi connectivity index (χ3n) is 5.27. The Labute approximate surface area is 189 Å². The molecule has 0 saturated carbocycles. The first kappa shape index (κ1) is 20.9. The molecule has 0 fully saturated rings. The number of H-pyrrole nitrogens is 1. The van der Waals surface area contributed by atoms with E-state index in [1.807, 2.05) is 29.5 Å². The van der Waals surface area contributed by atoms with Gasteiger partial charge in [-0.1, -0.05) is 30.8 Å². The van der Waals surface area contributed by atoms with Crippen molar-refractivity contribution in [3.63, 3.8) is 0 Å². The minimum atomic E-state index is -1.09. The molecule has 10 nitrogen and oxygen atoms in total. The molecule has 0 unspecified atom stereocenters. The summed E-state index contributed by atoms with van der Waals surface area (Å²) in [4.78, 5) is 43.8. The van der Waals surface area contributed by atoms with Crippen LogP contribution in [0.1, 0.15) is 29.5 Å². The largest absolute Gasteiger partial charge is 0.478 e. The summed E-state index contributed by atoms with van der Waals surface area (Å²) in [5, 5.41) is 19.2. The molecule has 3 aromatic heterocycles. The molecule has 11 heteroatoms. The minimum absolute atomic E-state index is 0.0584. The van der Waals surface area contributed by atoms with Gasteiger partial charge >= 0.3 is 5.97 Å². The van der Waals surface area contributed by atoms with E-state index in [9.17, 15) is 19.5 Å². The first-order valence-electron chi connectivity index (χ1n) is 10.2. The van der Waals surface area contributed by atoms with Gasteiger partial charge in [-0.3, -0.25) is 18.6 Å². The number of nitrogens with zero attached hydrogens (tertiary/aromatic N) is 5. The molecule has 0 spiro atoms. The van der Waals surface area contributed by atoms with Gasteiger partial charge in [0.05, 0.1) is 33.1 Å². The Hall–Kier alpha value is -3.99. The fraction of sp³-hybridized carbons (Fsp3) is 0.182. The standard InChI is InChI=1S/C22H18N6O4S/c1-2-9-27-19(30)14-5-3-4-6-16(14)28-21(27)25-26-22(28)33-11-17-23-15-10-12(20(31)32)7-8-13(15)18(29)24-17/h3-8,10H,2,9,11H2,1H3,(H,31,32)(H,23,24,29). The maximum absolute atomic E-state index is 12.9. The minimum Gasteiger partial charge on any atom is -0.478 e. The SMILES string of the molecule is CCCn1c(=O)c2ccccc2n2c(SCc3nc4cc(C(=O)O)ccc4c(=O)[nH]3)nnc12. The van der Waals surface area contributed by atoms with Gasteiger partial charge < -0.3 is 10.1 Å². The number of carbonyl (C=O) groups is 1. The van der Waals surface area contributed by atoms with Crippen LogP contribution in [0.2, 0.25) is 0 Å². The van der Waals surface area contributed by atoms with E-state index in [-0.39, 0.29) is 22.4 Å². The number of fused-ring (bicyclic) bond motifs is 4. The van der Waals surface area contributed by atoms with Gasteiger partial charge in [0, 0.05) is 6.54 Å². The number of hydrogen-bond donors (Lipinski definition) is 2. The normalized spacial score (nSPS) is 11.5. The first-order chi connectivity index (χ1) is 16.0. The first-order valence-corrected chi connectivity index (χ1v) is 11.2. The van der Waals surface area contributed by atoms with Crippen molar-refractivity contribution in [1.29, 1.82) is 0 Å². The quantitative estimate of drug-likeness (QED) is 0.368. The van der Waals surface area contributed by atoms with E-state index in [1.54, 1.807) is 10.6 Å². The average molecular weight is 462 g/mol. The number of carboxylic acids is 1. The number of hydrogen-bond acceptors (Lipinski definition) is 7. The lowest BCUT2D eigenvalue weighted by atomic mass is 10.1. The van der Waals surface area contributed by atoms with Crippen molar-refractivity contribution in [3.8, 4) is 0 Å². The molecule has 5 aromatic rings. The van der Waals surface area contributed by atoms with Crippen LogP contribution < -0.4 is 11.1 Å². The van der Waals surface area contributed by atoms with Crippen LogP contribution in [0.25, 0.3) is 27.6 Å². The second kappa shape index (κ2) is 8.17. The van der Waals surface area contributed by atoms with Crippen molar-refractivity contribution in [1.82, 2.24) is 29.1 Å². The van der Waals surface area contributed by atoms with Gasteiger partial charge in [0.25, 0.3) is 11.1 Å². The summed E-state index contributed by atoms with van der Waals surface area (Å²) >= 11 is 1.31. The van der Waals surface area contributed by atoms with Gasteiger partial charge in [-0.05, 0) is 36.8 Å². The number of aromatic amines is 1. The van der Waals surface area contributed by atoms with E-state index in [4.69, 9.17) is 0 Å². The summed E-state index contributed by atoms with van der Waals surface area (Å²) in [6, 6.07) is 11.5. The molecule has 2 N–H and O–H groups in total. The second-order valence-corrected chi connectivity index (χ2v) is 8.37. The maximum Gasteiger partial charge on any atom is 0.335 e. The highest BCUT2D eigenvalue weighted by Crippen LogP contribution is 2.24. The molecule has 0 bridgehead atoms. The molecule has 166 valence electrons. The number of rotatable bonds is 6. The zero-order valence-electron chi connectivity index (χ0n) is 17.5. The third kappa shape index (κ3) is 3.55. The maximum atomic E-state index is 12.9. The van der Waals surface area contributed by atoms with Crippen LogP contribution in [0.5, 0.6) is 0 Å². The molecule has 0 amide bonds. The molecule has 0 aliphatic carbocycles. The zero-order valence-corrected chi connectivity index (χ0v) is 18.3. The number of carboxylic acid groups (broad SMARTS) is 1. The van der Waals surface area contributed by atoms with Crippen molar-refractivity contribution in [2.45, 2.75) is 30.8 Å². The molecule has 33 heavy (non-hydrogen) atoms. The highest BCUT2D eigenvalue weighted by atomic mass is 32.2. The Kier molecular flexibility index (Phi) is 5.17. The Bertz CT molecular complexity index is 1670. The molecule has 3 heterocycles. The van der Waals surface area contributed by atoms with E-state index >= 15 is 0 Å². The molecule has 0 radical (unpaired) electrons. The van der Waals surface area contributed by atoms with Crippen LogP contribution in [0, 0.1) is 0 Å². The number of aromatic carboxylic acids is 1. The highest BCUT2D eigenvalue weighted by molar-refractivity contribution is 7.98. The van der Waals surface area contributed by atoms with Crippen molar-refractivity contribution in [3.05, 3.63) is 74.6 Å². The lowest BCUT2D eigenvalue weighted by Gasteiger charge is -2.10. The summed E-state index contributed by atoms with van der Waals surface area (Å²) in [6.45, 7) is 2.50. The highest BCUT2D eigenvalue weighted by Gasteiger charge is 2.17. The van der Waals surface area contributed by atoms with Crippen molar-refractivity contribution in [2.24, 2.45) is 0 Å². The molecular weight excluding hydrogens is 444 g/mol. The third-order valence-corrected chi connectivity index (χ3v) is 6.21. The summed E-state index contributed by atoms with van der Waals surface area (Å²) in [5.41, 5.74) is 0.605.